The predicted molar refractivity (Wildman–Crippen MR) is 76.3 cm³/mol. The van der Waals surface area contributed by atoms with Crippen molar-refractivity contribution in [2.45, 2.75) is 76.7 Å². The molecule has 2 heterocycles. The molecule has 0 saturated heterocycles. The molecule has 3 atom stereocenters. The van der Waals surface area contributed by atoms with E-state index in [0.717, 1.165) is 12.8 Å². The Kier molecular flexibility index (Phi) is 4.43. The van der Waals surface area contributed by atoms with E-state index < -0.39 is 12.1 Å². The van der Waals surface area contributed by atoms with Crippen LogP contribution in [0.15, 0.2) is 0 Å². The van der Waals surface area contributed by atoms with Gasteiger partial charge in [0.1, 0.15) is 17.6 Å². The van der Waals surface area contributed by atoms with Crippen LogP contribution in [0.25, 0.3) is 0 Å². The Balaban J connectivity index is 1.67. The standard InChI is InChI=1S/C15H23F3N4/c1-10-4-2-5-11(8-10)19-9-13-20-21-14-12(15(16,17)18)6-3-7-22(13)14/h10-12,19H,2-9H2,1H3. The van der Waals surface area contributed by atoms with Crippen molar-refractivity contribution in [2.24, 2.45) is 5.92 Å². The second-order valence-corrected chi connectivity index (χ2v) is 6.71. The zero-order chi connectivity index (χ0) is 15.7. The summed E-state index contributed by atoms with van der Waals surface area (Å²) in [5, 5.41) is 11.3. The lowest BCUT2D eigenvalue weighted by Gasteiger charge is -2.28. The van der Waals surface area contributed by atoms with E-state index >= 15 is 0 Å². The Morgan fingerprint density at radius 1 is 1.18 bits per heavy atom. The minimum absolute atomic E-state index is 0.0903. The maximum Gasteiger partial charge on any atom is 0.398 e. The first-order chi connectivity index (χ1) is 10.4. The van der Waals surface area contributed by atoms with Crippen LogP contribution >= 0.6 is 0 Å². The van der Waals surface area contributed by atoms with Gasteiger partial charge in [0.25, 0.3) is 0 Å². The van der Waals surface area contributed by atoms with Gasteiger partial charge in [-0.25, -0.2) is 0 Å². The quantitative estimate of drug-likeness (QED) is 0.929. The average Bonchev–Trinajstić information content (AvgIpc) is 2.87. The molecule has 0 aromatic carbocycles. The zero-order valence-corrected chi connectivity index (χ0v) is 12.9. The number of alkyl halides is 3. The van der Waals surface area contributed by atoms with Gasteiger partial charge in [0.2, 0.25) is 0 Å². The maximum atomic E-state index is 13.1. The van der Waals surface area contributed by atoms with E-state index in [1.165, 1.54) is 12.8 Å². The van der Waals surface area contributed by atoms with Crippen molar-refractivity contribution >= 4 is 0 Å². The van der Waals surface area contributed by atoms with Gasteiger partial charge >= 0.3 is 6.18 Å². The fraction of sp³-hybridized carbons (Fsp3) is 0.867. The first-order valence-corrected chi connectivity index (χ1v) is 8.17. The summed E-state index contributed by atoms with van der Waals surface area (Å²) in [5.74, 6) is -0.0138. The molecule has 0 radical (unpaired) electrons. The van der Waals surface area contributed by atoms with Crippen LogP contribution < -0.4 is 5.32 Å². The number of aromatic nitrogens is 3. The van der Waals surface area contributed by atoms with E-state index in [0.29, 0.717) is 37.3 Å². The van der Waals surface area contributed by atoms with Gasteiger partial charge < -0.3 is 9.88 Å². The highest BCUT2D eigenvalue weighted by Gasteiger charge is 2.45. The summed E-state index contributed by atoms with van der Waals surface area (Å²) in [6.45, 7) is 3.35. The van der Waals surface area contributed by atoms with E-state index in [1.54, 1.807) is 4.57 Å². The lowest BCUT2D eigenvalue weighted by molar-refractivity contribution is -0.156. The molecule has 0 spiro atoms. The SMILES string of the molecule is CC1CCCC(NCc2nnc3n2CCCC3C(F)(F)F)C1. The Labute approximate surface area is 128 Å². The Bertz CT molecular complexity index is 511. The molecule has 124 valence electrons. The molecule has 2 aliphatic rings. The van der Waals surface area contributed by atoms with E-state index in [2.05, 4.69) is 22.4 Å². The van der Waals surface area contributed by atoms with Crippen LogP contribution in [0.1, 0.15) is 63.0 Å². The monoisotopic (exact) mass is 316 g/mol. The minimum atomic E-state index is -4.23. The van der Waals surface area contributed by atoms with E-state index in [4.69, 9.17) is 0 Å². The third-order valence-corrected chi connectivity index (χ3v) is 4.92. The summed E-state index contributed by atoms with van der Waals surface area (Å²) in [7, 11) is 0. The van der Waals surface area contributed by atoms with Crippen molar-refractivity contribution in [2.75, 3.05) is 0 Å². The van der Waals surface area contributed by atoms with Crippen molar-refractivity contribution in [3.63, 3.8) is 0 Å². The van der Waals surface area contributed by atoms with Gasteiger partial charge in [0.05, 0.1) is 6.54 Å². The normalized spacial score (nSPS) is 29.4. The maximum absolute atomic E-state index is 13.1. The van der Waals surface area contributed by atoms with Crippen molar-refractivity contribution in [3.8, 4) is 0 Å². The second-order valence-electron chi connectivity index (χ2n) is 6.71. The fourth-order valence-corrected chi connectivity index (χ4v) is 3.73. The minimum Gasteiger partial charge on any atom is -0.313 e. The molecule has 1 aromatic rings. The second kappa shape index (κ2) is 6.18. The fourth-order valence-electron chi connectivity index (χ4n) is 3.73. The Morgan fingerprint density at radius 2 is 2.00 bits per heavy atom. The molecule has 1 aliphatic carbocycles. The van der Waals surface area contributed by atoms with Crippen LogP contribution in [0.2, 0.25) is 0 Å². The van der Waals surface area contributed by atoms with Gasteiger partial charge in [-0.2, -0.15) is 13.2 Å². The average molecular weight is 316 g/mol. The van der Waals surface area contributed by atoms with Crippen LogP contribution in [0.3, 0.4) is 0 Å². The Morgan fingerprint density at radius 3 is 2.73 bits per heavy atom. The van der Waals surface area contributed by atoms with Crippen LogP contribution in [0.5, 0.6) is 0 Å². The highest BCUT2D eigenvalue weighted by molar-refractivity contribution is 5.07. The Hall–Kier alpha value is -1.11. The largest absolute Gasteiger partial charge is 0.398 e. The lowest BCUT2D eigenvalue weighted by Crippen LogP contribution is -2.34. The summed E-state index contributed by atoms with van der Waals surface area (Å²) in [5.41, 5.74) is 0. The van der Waals surface area contributed by atoms with E-state index in [1.807, 2.05) is 0 Å². The summed E-state index contributed by atoms with van der Waals surface area (Å²) in [6, 6.07) is 0.443. The lowest BCUT2D eigenvalue weighted by atomic mass is 9.87. The van der Waals surface area contributed by atoms with Crippen LogP contribution in [0, 0.1) is 5.92 Å². The summed E-state index contributed by atoms with van der Waals surface area (Å²) in [6.07, 6.45) is 1.17. The third kappa shape index (κ3) is 3.29. The molecule has 0 bridgehead atoms. The number of hydrogen-bond donors (Lipinski definition) is 1. The zero-order valence-electron chi connectivity index (χ0n) is 12.9. The third-order valence-electron chi connectivity index (χ3n) is 4.92. The highest BCUT2D eigenvalue weighted by atomic mass is 19.4. The molecule has 7 heteroatoms. The van der Waals surface area contributed by atoms with Gasteiger partial charge in [-0.3, -0.25) is 0 Å². The molecule has 3 unspecified atom stereocenters. The number of fused-ring (bicyclic) bond motifs is 1. The smallest absolute Gasteiger partial charge is 0.313 e. The van der Waals surface area contributed by atoms with Crippen molar-refractivity contribution in [1.29, 1.82) is 0 Å². The van der Waals surface area contributed by atoms with Crippen molar-refractivity contribution < 1.29 is 13.2 Å². The van der Waals surface area contributed by atoms with Gasteiger partial charge in [0, 0.05) is 12.6 Å². The highest BCUT2D eigenvalue weighted by Crippen LogP contribution is 2.40. The molecule has 0 amide bonds. The first-order valence-electron chi connectivity index (χ1n) is 8.17. The first kappa shape index (κ1) is 15.8. The van der Waals surface area contributed by atoms with Gasteiger partial charge in [-0.05, 0) is 31.6 Å². The number of halogens is 3. The number of nitrogens with zero attached hydrogens (tertiary/aromatic N) is 3. The number of nitrogens with one attached hydrogen (secondary N) is 1. The predicted octanol–water partition coefficient (Wildman–Crippen LogP) is 3.39. The molecule has 4 nitrogen and oxygen atoms in total. The van der Waals surface area contributed by atoms with Crippen LogP contribution in [-0.2, 0) is 13.1 Å². The molecule has 1 aliphatic heterocycles. The van der Waals surface area contributed by atoms with Gasteiger partial charge in [0.15, 0.2) is 0 Å². The molecular formula is C15H23F3N4. The summed E-state index contributed by atoms with van der Waals surface area (Å²) < 4.78 is 40.8. The molecule has 1 fully saturated rings. The molecular weight excluding hydrogens is 293 g/mol. The number of hydrogen-bond acceptors (Lipinski definition) is 3. The molecule has 1 aromatic heterocycles. The molecule has 1 N–H and O–H groups in total. The summed E-state index contributed by atoms with van der Waals surface area (Å²) in [4.78, 5) is 0. The molecule has 22 heavy (non-hydrogen) atoms. The number of rotatable bonds is 3. The van der Waals surface area contributed by atoms with E-state index in [-0.39, 0.29) is 12.2 Å². The van der Waals surface area contributed by atoms with Crippen LogP contribution in [-0.4, -0.2) is 27.0 Å². The summed E-state index contributed by atoms with van der Waals surface area (Å²) >= 11 is 0. The van der Waals surface area contributed by atoms with Gasteiger partial charge in [-0.15, -0.1) is 10.2 Å². The van der Waals surface area contributed by atoms with Gasteiger partial charge in [-0.1, -0.05) is 19.8 Å². The molecule has 1 saturated carbocycles. The van der Waals surface area contributed by atoms with Crippen molar-refractivity contribution in [1.82, 2.24) is 20.1 Å². The van der Waals surface area contributed by atoms with Crippen LogP contribution in [0.4, 0.5) is 13.2 Å². The van der Waals surface area contributed by atoms with Crippen molar-refractivity contribution in [3.05, 3.63) is 11.6 Å². The van der Waals surface area contributed by atoms with E-state index in [9.17, 15) is 13.2 Å². The molecule has 3 rings (SSSR count). The topological polar surface area (TPSA) is 42.7 Å².